The van der Waals surface area contributed by atoms with Crippen LogP contribution in [0.2, 0.25) is 0 Å². The topological polar surface area (TPSA) is 17.1 Å². The van der Waals surface area contributed by atoms with Crippen LogP contribution < -0.4 is 0 Å². The van der Waals surface area contributed by atoms with E-state index in [1.165, 1.54) is 12.8 Å². The van der Waals surface area contributed by atoms with Crippen molar-refractivity contribution in [2.75, 3.05) is 0 Å². The highest BCUT2D eigenvalue weighted by Gasteiger charge is 2.32. The molecule has 0 aromatic carbocycles. The molecule has 0 aliphatic heterocycles. The van der Waals surface area contributed by atoms with Crippen LogP contribution in [0, 0.1) is 17.3 Å². The van der Waals surface area contributed by atoms with Gasteiger partial charge in [0, 0.05) is 11.8 Å². The van der Waals surface area contributed by atoms with Gasteiger partial charge in [0.15, 0.2) is 0 Å². The Balaban J connectivity index is 2.56. The minimum absolute atomic E-state index is 0.0665. The van der Waals surface area contributed by atoms with Gasteiger partial charge in [-0.2, -0.15) is 0 Å². The van der Waals surface area contributed by atoms with Gasteiger partial charge in [-0.1, -0.05) is 12.8 Å². The molecule has 0 atom stereocenters. The highest BCUT2D eigenvalue weighted by molar-refractivity contribution is 5.60. The van der Waals surface area contributed by atoms with Gasteiger partial charge < -0.3 is 4.79 Å². The molecule has 1 heteroatoms. The Kier molecular flexibility index (Phi) is 2.70. The van der Waals surface area contributed by atoms with Gasteiger partial charge in [0.2, 0.25) is 0 Å². The van der Waals surface area contributed by atoms with Crippen molar-refractivity contribution in [1.82, 2.24) is 0 Å². The molecule has 1 aliphatic rings. The summed E-state index contributed by atoms with van der Waals surface area (Å²) >= 11 is 0. The second kappa shape index (κ2) is 3.57. The monoisotopic (exact) mass is 150 g/mol. The second-order valence-corrected chi connectivity index (χ2v) is 3.29. The smallest absolute Gasteiger partial charge is 0.127 e. The van der Waals surface area contributed by atoms with Crippen LogP contribution in [-0.2, 0) is 4.79 Å². The van der Waals surface area contributed by atoms with Gasteiger partial charge in [-0.3, -0.25) is 0 Å². The third-order valence-corrected chi connectivity index (χ3v) is 2.47. The molecule has 0 bridgehead atoms. The number of carbonyl (C=O) groups excluding carboxylic acids is 1. The minimum atomic E-state index is -0.0665. The Morgan fingerprint density at radius 1 is 1.45 bits per heavy atom. The van der Waals surface area contributed by atoms with E-state index >= 15 is 0 Å². The van der Waals surface area contributed by atoms with Crippen molar-refractivity contribution in [3.8, 4) is 11.8 Å². The summed E-state index contributed by atoms with van der Waals surface area (Å²) in [5.74, 6) is 5.85. The maximum absolute atomic E-state index is 10.8. The first-order valence-electron chi connectivity index (χ1n) is 4.19. The molecule has 1 saturated carbocycles. The van der Waals surface area contributed by atoms with Crippen molar-refractivity contribution in [3.05, 3.63) is 0 Å². The van der Waals surface area contributed by atoms with E-state index in [9.17, 15) is 4.79 Å². The van der Waals surface area contributed by atoms with E-state index in [-0.39, 0.29) is 5.41 Å². The number of carbonyl (C=O) groups is 1. The van der Waals surface area contributed by atoms with E-state index < -0.39 is 0 Å². The fourth-order valence-electron chi connectivity index (χ4n) is 1.68. The SMILES string of the molecule is CC#CCC1(C=O)CCCC1. The summed E-state index contributed by atoms with van der Waals surface area (Å²) in [6.07, 6.45) is 6.38. The molecule has 1 fully saturated rings. The van der Waals surface area contributed by atoms with Crippen LogP contribution in [0.15, 0.2) is 0 Å². The van der Waals surface area contributed by atoms with Gasteiger partial charge in [-0.25, -0.2) is 0 Å². The third kappa shape index (κ3) is 1.83. The van der Waals surface area contributed by atoms with Crippen LogP contribution in [-0.4, -0.2) is 6.29 Å². The summed E-state index contributed by atoms with van der Waals surface area (Å²) in [6.45, 7) is 1.83. The van der Waals surface area contributed by atoms with Gasteiger partial charge >= 0.3 is 0 Å². The molecule has 0 aromatic rings. The van der Waals surface area contributed by atoms with Crippen LogP contribution in [0.25, 0.3) is 0 Å². The van der Waals surface area contributed by atoms with Gasteiger partial charge in [-0.05, 0) is 19.8 Å². The third-order valence-electron chi connectivity index (χ3n) is 2.47. The van der Waals surface area contributed by atoms with Crippen molar-refractivity contribution in [2.24, 2.45) is 5.41 Å². The van der Waals surface area contributed by atoms with E-state index in [2.05, 4.69) is 11.8 Å². The Bertz CT molecular complexity index is 189. The molecule has 0 amide bonds. The van der Waals surface area contributed by atoms with E-state index in [1.54, 1.807) is 0 Å². The van der Waals surface area contributed by atoms with Crippen molar-refractivity contribution in [3.63, 3.8) is 0 Å². The molecule has 1 rings (SSSR count). The molecule has 0 spiro atoms. The summed E-state index contributed by atoms with van der Waals surface area (Å²) in [5, 5.41) is 0. The first kappa shape index (κ1) is 8.33. The quantitative estimate of drug-likeness (QED) is 0.435. The Morgan fingerprint density at radius 2 is 2.09 bits per heavy atom. The van der Waals surface area contributed by atoms with Gasteiger partial charge in [-0.15, -0.1) is 11.8 Å². The lowest BCUT2D eigenvalue weighted by atomic mass is 9.85. The number of hydrogen-bond acceptors (Lipinski definition) is 1. The summed E-state index contributed by atoms with van der Waals surface area (Å²) in [7, 11) is 0. The molecule has 60 valence electrons. The molecule has 0 N–H and O–H groups in total. The van der Waals surface area contributed by atoms with E-state index in [0.29, 0.717) is 0 Å². The number of rotatable bonds is 2. The molecular weight excluding hydrogens is 136 g/mol. The van der Waals surface area contributed by atoms with Gasteiger partial charge in [0.1, 0.15) is 6.29 Å². The van der Waals surface area contributed by atoms with Crippen molar-refractivity contribution in [2.45, 2.75) is 39.0 Å². The van der Waals surface area contributed by atoms with Crippen LogP contribution in [0.3, 0.4) is 0 Å². The Labute approximate surface area is 68.2 Å². The van der Waals surface area contributed by atoms with Gasteiger partial charge in [0.05, 0.1) is 0 Å². The van der Waals surface area contributed by atoms with Crippen LogP contribution in [0.4, 0.5) is 0 Å². The van der Waals surface area contributed by atoms with E-state index in [4.69, 9.17) is 0 Å². The average Bonchev–Trinajstić information content (AvgIpc) is 2.50. The minimum Gasteiger partial charge on any atom is -0.303 e. The zero-order valence-corrected chi connectivity index (χ0v) is 7.02. The van der Waals surface area contributed by atoms with E-state index in [0.717, 1.165) is 25.5 Å². The fourth-order valence-corrected chi connectivity index (χ4v) is 1.68. The average molecular weight is 150 g/mol. The number of hydrogen-bond donors (Lipinski definition) is 0. The highest BCUT2D eigenvalue weighted by atomic mass is 16.1. The predicted octanol–water partition coefficient (Wildman–Crippen LogP) is 2.16. The summed E-state index contributed by atoms with van der Waals surface area (Å²) in [4.78, 5) is 10.8. The lowest BCUT2D eigenvalue weighted by Gasteiger charge is -2.17. The molecule has 0 aromatic heterocycles. The molecule has 11 heavy (non-hydrogen) atoms. The largest absolute Gasteiger partial charge is 0.303 e. The van der Waals surface area contributed by atoms with E-state index in [1.807, 2.05) is 6.92 Å². The summed E-state index contributed by atoms with van der Waals surface area (Å²) in [6, 6.07) is 0. The zero-order valence-electron chi connectivity index (χ0n) is 7.02. The molecule has 0 radical (unpaired) electrons. The second-order valence-electron chi connectivity index (χ2n) is 3.29. The predicted molar refractivity (Wildman–Crippen MR) is 45.0 cm³/mol. The molecular formula is C10H14O. The van der Waals surface area contributed by atoms with Crippen LogP contribution in [0.1, 0.15) is 39.0 Å². The lowest BCUT2D eigenvalue weighted by molar-refractivity contribution is -0.115. The Morgan fingerprint density at radius 3 is 2.55 bits per heavy atom. The van der Waals surface area contributed by atoms with Gasteiger partial charge in [0.25, 0.3) is 0 Å². The fraction of sp³-hybridized carbons (Fsp3) is 0.700. The lowest BCUT2D eigenvalue weighted by Crippen LogP contribution is -2.16. The molecule has 1 aliphatic carbocycles. The first-order chi connectivity index (χ1) is 5.33. The zero-order chi connectivity index (χ0) is 8.16. The normalized spacial score (nSPS) is 20.5. The number of aldehydes is 1. The maximum atomic E-state index is 10.8. The standard InChI is InChI=1S/C10H14O/c1-2-3-6-10(9-11)7-4-5-8-10/h9H,4-8H2,1H3. The van der Waals surface area contributed by atoms with Crippen molar-refractivity contribution >= 4 is 6.29 Å². The Hall–Kier alpha value is -0.770. The molecule has 0 saturated heterocycles. The highest BCUT2D eigenvalue weighted by Crippen LogP contribution is 2.38. The summed E-state index contributed by atoms with van der Waals surface area (Å²) < 4.78 is 0. The van der Waals surface area contributed by atoms with Crippen LogP contribution >= 0.6 is 0 Å². The maximum Gasteiger partial charge on any atom is 0.127 e. The van der Waals surface area contributed by atoms with Crippen LogP contribution in [0.5, 0.6) is 0 Å². The molecule has 0 heterocycles. The van der Waals surface area contributed by atoms with Crippen molar-refractivity contribution < 1.29 is 4.79 Å². The summed E-state index contributed by atoms with van der Waals surface area (Å²) in [5.41, 5.74) is -0.0665. The first-order valence-corrected chi connectivity index (χ1v) is 4.19. The van der Waals surface area contributed by atoms with Crippen molar-refractivity contribution in [1.29, 1.82) is 0 Å². The molecule has 0 unspecified atom stereocenters. The molecule has 1 nitrogen and oxygen atoms in total.